The molecule has 0 aliphatic heterocycles. The van der Waals surface area contributed by atoms with E-state index in [1.165, 1.54) is 11.0 Å². The Morgan fingerprint density at radius 1 is 1.24 bits per heavy atom. The Kier molecular flexibility index (Phi) is 5.28. The van der Waals surface area contributed by atoms with E-state index >= 15 is 0 Å². The number of hydrogen-bond donors (Lipinski definition) is 0. The molecule has 0 saturated carbocycles. The second kappa shape index (κ2) is 7.18. The van der Waals surface area contributed by atoms with Gasteiger partial charge < -0.3 is 9.32 Å². The summed E-state index contributed by atoms with van der Waals surface area (Å²) in [6, 6.07) is 12.0. The van der Waals surface area contributed by atoms with Gasteiger partial charge in [-0.15, -0.1) is 11.8 Å². The van der Waals surface area contributed by atoms with Crippen LogP contribution in [0.3, 0.4) is 0 Å². The number of carbonyl (C=O) groups excluding carboxylic acids is 1. The van der Waals surface area contributed by atoms with Crippen molar-refractivity contribution in [3.63, 3.8) is 0 Å². The summed E-state index contributed by atoms with van der Waals surface area (Å²) in [6.45, 7) is 2.47. The van der Waals surface area contributed by atoms with Gasteiger partial charge in [-0.05, 0) is 49.1 Å². The summed E-state index contributed by atoms with van der Waals surface area (Å²) in [5.41, 5.74) is 1.12. The normalized spacial score (nSPS) is 11.0. The third-order valence-corrected chi connectivity index (χ3v) is 3.85. The molecule has 2 rings (SSSR count). The van der Waals surface area contributed by atoms with E-state index in [0.717, 1.165) is 11.3 Å². The summed E-state index contributed by atoms with van der Waals surface area (Å²) in [4.78, 5) is 14.9. The Morgan fingerprint density at radius 2 is 1.95 bits per heavy atom. The summed E-state index contributed by atoms with van der Waals surface area (Å²) in [6.07, 6.45) is 5.28. The lowest BCUT2D eigenvalue weighted by molar-refractivity contribution is -0.125. The highest BCUT2D eigenvalue weighted by Gasteiger charge is 2.06. The van der Waals surface area contributed by atoms with E-state index < -0.39 is 0 Å². The van der Waals surface area contributed by atoms with E-state index in [2.05, 4.69) is 24.3 Å². The van der Waals surface area contributed by atoms with Crippen molar-refractivity contribution in [3.8, 4) is 0 Å². The molecule has 0 aliphatic carbocycles. The fraction of sp³-hybridized carbons (Fsp3) is 0.235. The van der Waals surface area contributed by atoms with Gasteiger partial charge in [0.25, 0.3) is 0 Å². The molecule has 4 heteroatoms. The Bertz CT molecular complexity index is 628. The summed E-state index contributed by atoms with van der Waals surface area (Å²) < 4.78 is 5.40. The monoisotopic (exact) mass is 301 g/mol. The minimum absolute atomic E-state index is 0.0435. The first kappa shape index (κ1) is 15.4. The van der Waals surface area contributed by atoms with Crippen molar-refractivity contribution in [1.29, 1.82) is 0 Å². The largest absolute Gasteiger partial charge is 0.462 e. The first-order chi connectivity index (χ1) is 10.1. The molecule has 0 N–H and O–H groups in total. The minimum Gasteiger partial charge on any atom is -0.462 e. The maximum Gasteiger partial charge on any atom is 0.246 e. The second-order valence-electron chi connectivity index (χ2n) is 4.82. The Balaban J connectivity index is 1.93. The topological polar surface area (TPSA) is 33.5 Å². The third kappa shape index (κ3) is 4.53. The van der Waals surface area contributed by atoms with Crippen LogP contribution < -0.4 is 0 Å². The predicted octanol–water partition coefficient (Wildman–Crippen LogP) is 3.98. The van der Waals surface area contributed by atoms with Crippen LogP contribution in [0, 0.1) is 6.92 Å². The molecule has 1 amide bonds. The van der Waals surface area contributed by atoms with Crippen LogP contribution in [0.1, 0.15) is 17.1 Å². The van der Waals surface area contributed by atoms with Gasteiger partial charge in [-0.1, -0.05) is 12.1 Å². The van der Waals surface area contributed by atoms with E-state index in [0.29, 0.717) is 12.3 Å². The first-order valence-electron chi connectivity index (χ1n) is 6.71. The van der Waals surface area contributed by atoms with Crippen LogP contribution in [0.15, 0.2) is 51.8 Å². The average molecular weight is 301 g/mol. The lowest BCUT2D eigenvalue weighted by atomic mass is 10.2. The third-order valence-electron chi connectivity index (χ3n) is 3.11. The average Bonchev–Trinajstić information content (AvgIpc) is 2.91. The number of nitrogens with zero attached hydrogens (tertiary/aromatic N) is 1. The quantitative estimate of drug-likeness (QED) is 0.618. The molecule has 0 bridgehead atoms. The lowest BCUT2D eigenvalue weighted by Gasteiger charge is -2.15. The van der Waals surface area contributed by atoms with Crippen molar-refractivity contribution in [2.45, 2.75) is 18.4 Å². The fourth-order valence-electron chi connectivity index (χ4n) is 1.91. The lowest BCUT2D eigenvalue weighted by Crippen LogP contribution is -2.24. The first-order valence-corrected chi connectivity index (χ1v) is 7.93. The number of furan rings is 1. The van der Waals surface area contributed by atoms with Crippen LogP contribution in [0.2, 0.25) is 0 Å². The molecule has 0 atom stereocenters. The fourth-order valence-corrected chi connectivity index (χ4v) is 2.31. The number of rotatable bonds is 5. The smallest absolute Gasteiger partial charge is 0.246 e. The van der Waals surface area contributed by atoms with Crippen LogP contribution in [-0.2, 0) is 11.3 Å². The van der Waals surface area contributed by atoms with Gasteiger partial charge in [-0.2, -0.15) is 0 Å². The number of benzene rings is 1. The molecule has 0 aliphatic rings. The van der Waals surface area contributed by atoms with Crippen LogP contribution in [0.5, 0.6) is 0 Å². The highest BCUT2D eigenvalue weighted by atomic mass is 32.2. The number of likely N-dealkylation sites (N-methyl/N-ethyl adjacent to an activating group) is 1. The van der Waals surface area contributed by atoms with Crippen molar-refractivity contribution in [2.75, 3.05) is 13.3 Å². The van der Waals surface area contributed by atoms with Crippen molar-refractivity contribution in [1.82, 2.24) is 4.90 Å². The minimum atomic E-state index is -0.0435. The van der Waals surface area contributed by atoms with E-state index in [-0.39, 0.29) is 5.91 Å². The van der Waals surface area contributed by atoms with E-state index in [4.69, 9.17) is 4.42 Å². The maximum atomic E-state index is 12.0. The van der Waals surface area contributed by atoms with Gasteiger partial charge >= 0.3 is 0 Å². The van der Waals surface area contributed by atoms with Gasteiger partial charge in [-0.25, -0.2) is 0 Å². The molecule has 0 saturated heterocycles. The second-order valence-corrected chi connectivity index (χ2v) is 5.70. The zero-order valence-corrected chi connectivity index (χ0v) is 13.3. The van der Waals surface area contributed by atoms with Gasteiger partial charge in [0.2, 0.25) is 5.91 Å². The molecule has 2 aromatic rings. The van der Waals surface area contributed by atoms with Gasteiger partial charge in [0.1, 0.15) is 11.5 Å². The van der Waals surface area contributed by atoms with E-state index in [9.17, 15) is 4.79 Å². The molecular formula is C17H19NO2S. The number of thioether (sulfide) groups is 1. The summed E-state index contributed by atoms with van der Waals surface area (Å²) in [5.74, 6) is 1.49. The Morgan fingerprint density at radius 3 is 2.52 bits per heavy atom. The molecule has 0 unspecified atom stereocenters. The molecular weight excluding hydrogens is 282 g/mol. The highest BCUT2D eigenvalue weighted by molar-refractivity contribution is 7.98. The molecule has 1 aromatic carbocycles. The molecule has 110 valence electrons. The highest BCUT2D eigenvalue weighted by Crippen LogP contribution is 2.15. The van der Waals surface area contributed by atoms with Crippen molar-refractivity contribution in [2.24, 2.45) is 0 Å². The zero-order chi connectivity index (χ0) is 15.2. The standard InChI is InChI=1S/C17H19NO2S/c1-13-4-7-15(20-13)8-11-17(19)18(2)12-14-5-9-16(21-3)10-6-14/h4-11H,12H2,1-3H3/b11-8+. The predicted molar refractivity (Wildman–Crippen MR) is 87.2 cm³/mol. The van der Waals surface area contributed by atoms with Gasteiger partial charge in [-0.3, -0.25) is 4.79 Å². The van der Waals surface area contributed by atoms with Crippen molar-refractivity contribution < 1.29 is 9.21 Å². The Labute approximate surface area is 129 Å². The van der Waals surface area contributed by atoms with Crippen LogP contribution in [0.4, 0.5) is 0 Å². The van der Waals surface area contributed by atoms with Gasteiger partial charge in [0, 0.05) is 24.6 Å². The van der Waals surface area contributed by atoms with Crippen LogP contribution in [-0.4, -0.2) is 24.1 Å². The van der Waals surface area contributed by atoms with E-state index in [1.807, 2.05) is 25.3 Å². The molecule has 0 spiro atoms. The number of hydrogen-bond acceptors (Lipinski definition) is 3. The van der Waals surface area contributed by atoms with Crippen LogP contribution in [0.25, 0.3) is 6.08 Å². The summed E-state index contributed by atoms with van der Waals surface area (Å²) in [7, 11) is 1.79. The molecule has 0 radical (unpaired) electrons. The van der Waals surface area contributed by atoms with E-state index in [1.54, 1.807) is 29.8 Å². The number of carbonyl (C=O) groups is 1. The zero-order valence-electron chi connectivity index (χ0n) is 12.5. The molecule has 21 heavy (non-hydrogen) atoms. The number of amides is 1. The van der Waals surface area contributed by atoms with Gasteiger partial charge in [0.15, 0.2) is 0 Å². The SMILES string of the molecule is CSc1ccc(CN(C)C(=O)/C=C/c2ccc(C)o2)cc1. The van der Waals surface area contributed by atoms with Gasteiger partial charge in [0.05, 0.1) is 0 Å². The number of aryl methyl sites for hydroxylation is 1. The molecule has 3 nitrogen and oxygen atoms in total. The summed E-state index contributed by atoms with van der Waals surface area (Å²) >= 11 is 1.71. The van der Waals surface area contributed by atoms with Crippen LogP contribution >= 0.6 is 11.8 Å². The van der Waals surface area contributed by atoms with Crippen molar-refractivity contribution in [3.05, 3.63) is 59.6 Å². The molecule has 1 aromatic heterocycles. The molecule has 1 heterocycles. The Hall–Kier alpha value is -1.94. The van der Waals surface area contributed by atoms with Crippen molar-refractivity contribution >= 4 is 23.7 Å². The maximum absolute atomic E-state index is 12.0. The summed E-state index contributed by atoms with van der Waals surface area (Å²) in [5, 5.41) is 0. The molecule has 0 fully saturated rings.